The van der Waals surface area contributed by atoms with Gasteiger partial charge in [0.25, 0.3) is 0 Å². The molecule has 2 aromatic carbocycles. The second-order valence-corrected chi connectivity index (χ2v) is 9.26. The Balaban J connectivity index is 1.01. The summed E-state index contributed by atoms with van der Waals surface area (Å²) in [5.74, 6) is 0.915. The molecule has 0 radical (unpaired) electrons. The summed E-state index contributed by atoms with van der Waals surface area (Å²) in [4.78, 5) is 7.34. The zero-order valence-electron chi connectivity index (χ0n) is 20.0. The van der Waals surface area contributed by atoms with E-state index in [4.69, 9.17) is 9.72 Å². The average molecular weight is 455 g/mol. The first-order valence-electron chi connectivity index (χ1n) is 12.4. The molecular weight excluding hydrogens is 420 g/mol. The molecule has 0 amide bonds. The maximum Gasteiger partial charge on any atom is 0.140 e. The predicted molar refractivity (Wildman–Crippen MR) is 138 cm³/mol. The fourth-order valence-corrected chi connectivity index (χ4v) is 4.72. The first kappa shape index (κ1) is 22.6. The summed E-state index contributed by atoms with van der Waals surface area (Å²) in [6.45, 7) is 7.22. The van der Waals surface area contributed by atoms with Crippen LogP contribution >= 0.6 is 0 Å². The molecule has 5 nitrogen and oxygen atoms in total. The van der Waals surface area contributed by atoms with Crippen molar-refractivity contribution in [3.8, 4) is 17.0 Å². The SMILES string of the molecule is Cc1cccn2cc(-c3ccc(OCCCNC4CCN(Cc5ccccc5)CC4)cc3)nc12. The number of ether oxygens (including phenoxy) is 1. The average Bonchev–Trinajstić information content (AvgIpc) is 3.32. The zero-order chi connectivity index (χ0) is 23.2. The Kier molecular flexibility index (Phi) is 7.22. The van der Waals surface area contributed by atoms with Crippen molar-refractivity contribution in [2.24, 2.45) is 0 Å². The van der Waals surface area contributed by atoms with Crippen LogP contribution in [0.3, 0.4) is 0 Å². The quantitative estimate of drug-likeness (QED) is 0.347. The molecule has 5 heteroatoms. The number of aryl methyl sites for hydroxylation is 1. The van der Waals surface area contributed by atoms with Gasteiger partial charge in [0.15, 0.2) is 0 Å². The molecule has 3 heterocycles. The van der Waals surface area contributed by atoms with Gasteiger partial charge in [0, 0.05) is 30.5 Å². The molecule has 1 aliphatic rings. The van der Waals surface area contributed by atoms with Crippen LogP contribution < -0.4 is 10.1 Å². The normalized spacial score (nSPS) is 15.1. The number of nitrogens with one attached hydrogen (secondary N) is 1. The summed E-state index contributed by atoms with van der Waals surface area (Å²) in [6, 6.07) is 23.8. The molecule has 5 rings (SSSR count). The first-order chi connectivity index (χ1) is 16.7. The molecule has 1 saturated heterocycles. The molecule has 0 spiro atoms. The Morgan fingerprint density at radius 2 is 1.76 bits per heavy atom. The topological polar surface area (TPSA) is 41.8 Å². The lowest BCUT2D eigenvalue weighted by atomic mass is 10.0. The number of imidazole rings is 1. The molecule has 0 bridgehead atoms. The number of hydrogen-bond donors (Lipinski definition) is 1. The van der Waals surface area contributed by atoms with Crippen LogP contribution in [-0.4, -0.2) is 46.6 Å². The summed E-state index contributed by atoms with van der Waals surface area (Å²) in [5.41, 5.74) is 5.69. The second-order valence-electron chi connectivity index (χ2n) is 9.26. The van der Waals surface area contributed by atoms with Crippen molar-refractivity contribution in [3.05, 3.63) is 90.3 Å². The number of aromatic nitrogens is 2. The molecular formula is C29H34N4O. The van der Waals surface area contributed by atoms with Crippen molar-refractivity contribution in [1.29, 1.82) is 0 Å². The standard InChI is InChI=1S/C29H34N4O/c1-23-7-5-17-33-22-28(31-29(23)33)25-10-12-27(13-11-25)34-20-6-16-30-26-14-18-32(19-15-26)21-24-8-3-2-4-9-24/h2-5,7-13,17,22,26,30H,6,14-16,18-21H2,1H3. The highest BCUT2D eigenvalue weighted by atomic mass is 16.5. The van der Waals surface area contributed by atoms with Crippen molar-refractivity contribution in [2.75, 3.05) is 26.2 Å². The van der Waals surface area contributed by atoms with Crippen LogP contribution in [-0.2, 0) is 6.54 Å². The second kappa shape index (κ2) is 10.9. The minimum absolute atomic E-state index is 0.625. The Hall–Kier alpha value is -3.15. The number of likely N-dealkylation sites (tertiary alicyclic amines) is 1. The van der Waals surface area contributed by atoms with E-state index in [1.165, 1.54) is 37.1 Å². The van der Waals surface area contributed by atoms with E-state index in [1.807, 2.05) is 18.3 Å². The molecule has 0 saturated carbocycles. The van der Waals surface area contributed by atoms with Crippen LogP contribution in [0.15, 0.2) is 79.1 Å². The van der Waals surface area contributed by atoms with Gasteiger partial charge in [-0.1, -0.05) is 36.4 Å². The molecule has 2 aromatic heterocycles. The van der Waals surface area contributed by atoms with E-state index in [0.29, 0.717) is 6.04 Å². The number of nitrogens with zero attached hydrogens (tertiary/aromatic N) is 3. The van der Waals surface area contributed by atoms with Crippen molar-refractivity contribution in [1.82, 2.24) is 19.6 Å². The third kappa shape index (κ3) is 5.66. The van der Waals surface area contributed by atoms with Gasteiger partial charge in [0.2, 0.25) is 0 Å². The Labute approximate surface area is 202 Å². The van der Waals surface area contributed by atoms with Gasteiger partial charge in [-0.05, 0) is 87.3 Å². The fraction of sp³-hybridized carbons (Fsp3) is 0.345. The van der Waals surface area contributed by atoms with Gasteiger partial charge in [-0.3, -0.25) is 4.90 Å². The number of piperidine rings is 1. The van der Waals surface area contributed by atoms with Gasteiger partial charge in [-0.15, -0.1) is 0 Å². The number of hydrogen-bond acceptors (Lipinski definition) is 4. The highest BCUT2D eigenvalue weighted by Crippen LogP contribution is 2.23. The lowest BCUT2D eigenvalue weighted by Gasteiger charge is -2.32. The van der Waals surface area contributed by atoms with Gasteiger partial charge in [0.1, 0.15) is 11.4 Å². The van der Waals surface area contributed by atoms with E-state index in [-0.39, 0.29) is 0 Å². The van der Waals surface area contributed by atoms with E-state index in [0.717, 1.165) is 48.8 Å². The first-order valence-corrected chi connectivity index (χ1v) is 12.4. The van der Waals surface area contributed by atoms with Crippen LogP contribution in [0, 0.1) is 6.92 Å². The van der Waals surface area contributed by atoms with Gasteiger partial charge in [0.05, 0.1) is 12.3 Å². The number of pyridine rings is 1. The summed E-state index contributed by atoms with van der Waals surface area (Å²) in [7, 11) is 0. The third-order valence-electron chi connectivity index (χ3n) is 6.69. The van der Waals surface area contributed by atoms with Crippen LogP contribution in [0.2, 0.25) is 0 Å². The smallest absolute Gasteiger partial charge is 0.140 e. The van der Waals surface area contributed by atoms with Crippen molar-refractivity contribution in [2.45, 2.75) is 38.8 Å². The molecule has 1 aliphatic heterocycles. The largest absolute Gasteiger partial charge is 0.494 e. The molecule has 34 heavy (non-hydrogen) atoms. The van der Waals surface area contributed by atoms with Crippen molar-refractivity contribution >= 4 is 5.65 Å². The third-order valence-corrected chi connectivity index (χ3v) is 6.69. The van der Waals surface area contributed by atoms with E-state index in [1.54, 1.807) is 0 Å². The lowest BCUT2D eigenvalue weighted by Crippen LogP contribution is -2.42. The maximum absolute atomic E-state index is 5.97. The molecule has 4 aromatic rings. The molecule has 0 aliphatic carbocycles. The highest BCUT2D eigenvalue weighted by Gasteiger charge is 2.18. The predicted octanol–water partition coefficient (Wildman–Crippen LogP) is 5.33. The Morgan fingerprint density at radius 1 is 0.971 bits per heavy atom. The summed E-state index contributed by atoms with van der Waals surface area (Å²) < 4.78 is 8.05. The minimum Gasteiger partial charge on any atom is -0.494 e. The number of benzene rings is 2. The Morgan fingerprint density at radius 3 is 2.53 bits per heavy atom. The molecule has 1 N–H and O–H groups in total. The lowest BCUT2D eigenvalue weighted by molar-refractivity contribution is 0.189. The minimum atomic E-state index is 0.625. The van der Waals surface area contributed by atoms with Gasteiger partial charge in [-0.25, -0.2) is 4.98 Å². The number of fused-ring (bicyclic) bond motifs is 1. The van der Waals surface area contributed by atoms with Crippen LogP contribution in [0.1, 0.15) is 30.4 Å². The van der Waals surface area contributed by atoms with Crippen molar-refractivity contribution < 1.29 is 4.74 Å². The number of rotatable bonds is 9. The fourth-order valence-electron chi connectivity index (χ4n) is 4.72. The van der Waals surface area contributed by atoms with E-state index in [9.17, 15) is 0 Å². The van der Waals surface area contributed by atoms with Crippen molar-refractivity contribution in [3.63, 3.8) is 0 Å². The summed E-state index contributed by atoms with van der Waals surface area (Å²) >= 11 is 0. The van der Waals surface area contributed by atoms with Gasteiger partial charge >= 0.3 is 0 Å². The molecule has 1 fully saturated rings. The van der Waals surface area contributed by atoms with Gasteiger partial charge in [-0.2, -0.15) is 0 Å². The molecule has 0 unspecified atom stereocenters. The Bertz CT molecular complexity index is 1180. The highest BCUT2D eigenvalue weighted by molar-refractivity contribution is 5.64. The van der Waals surface area contributed by atoms with Crippen LogP contribution in [0.5, 0.6) is 5.75 Å². The zero-order valence-corrected chi connectivity index (χ0v) is 20.0. The van der Waals surface area contributed by atoms with E-state index >= 15 is 0 Å². The molecule has 0 atom stereocenters. The van der Waals surface area contributed by atoms with E-state index in [2.05, 4.69) is 82.3 Å². The van der Waals surface area contributed by atoms with Crippen LogP contribution in [0.25, 0.3) is 16.9 Å². The van der Waals surface area contributed by atoms with Crippen LogP contribution in [0.4, 0.5) is 0 Å². The maximum atomic E-state index is 5.97. The monoisotopic (exact) mass is 454 g/mol. The molecule has 176 valence electrons. The van der Waals surface area contributed by atoms with E-state index < -0.39 is 0 Å². The summed E-state index contributed by atoms with van der Waals surface area (Å²) in [5, 5.41) is 3.72. The van der Waals surface area contributed by atoms with Gasteiger partial charge < -0.3 is 14.5 Å². The summed E-state index contributed by atoms with van der Waals surface area (Å²) in [6.07, 6.45) is 7.57.